The van der Waals surface area contributed by atoms with E-state index < -0.39 is 11.8 Å². The third-order valence-electron chi connectivity index (χ3n) is 2.31. The van der Waals surface area contributed by atoms with Gasteiger partial charge in [0.2, 0.25) is 5.91 Å². The lowest BCUT2D eigenvalue weighted by Gasteiger charge is -2.13. The molecule has 0 aliphatic carbocycles. The Labute approximate surface area is 115 Å². The predicted molar refractivity (Wildman–Crippen MR) is 77.8 cm³/mol. The van der Waals surface area contributed by atoms with E-state index in [4.69, 9.17) is 18.0 Å². The number of primary amides is 1. The minimum atomic E-state index is -1.07. The summed E-state index contributed by atoms with van der Waals surface area (Å²) >= 11 is 6.66. The zero-order chi connectivity index (χ0) is 13.7. The molecule has 1 aromatic carbocycles. The Morgan fingerprint density at radius 1 is 1.33 bits per heavy atom. The average Bonchev–Trinajstić information content (AvgIpc) is 2.28. The molecule has 0 radical (unpaired) electrons. The highest BCUT2D eigenvalue weighted by Crippen LogP contribution is 2.18. The molecule has 0 aliphatic rings. The fourth-order valence-electron chi connectivity index (χ4n) is 1.40. The molecule has 0 bridgehead atoms. The lowest BCUT2D eigenvalue weighted by molar-refractivity contribution is -0.128. The molecule has 96 valence electrons. The fraction of sp³-hybridized carbons (Fsp3) is 0.250. The third-order valence-corrected chi connectivity index (χ3v) is 3.39. The summed E-state index contributed by atoms with van der Waals surface area (Å²) < 4.78 is 0. The van der Waals surface area contributed by atoms with Crippen LogP contribution in [-0.2, 0) is 9.59 Å². The van der Waals surface area contributed by atoms with E-state index in [9.17, 15) is 9.59 Å². The maximum Gasteiger partial charge on any atom is 0.234 e. The van der Waals surface area contributed by atoms with Crippen molar-refractivity contribution in [2.24, 2.45) is 11.7 Å². The van der Waals surface area contributed by atoms with Gasteiger partial charge in [0.1, 0.15) is 11.7 Å². The van der Waals surface area contributed by atoms with Gasteiger partial charge in [-0.2, -0.15) is 0 Å². The van der Waals surface area contributed by atoms with Gasteiger partial charge in [0, 0.05) is 10.6 Å². The lowest BCUT2D eigenvalue weighted by Crippen LogP contribution is -2.37. The topological polar surface area (TPSA) is 72.2 Å². The molecule has 0 aliphatic heterocycles. The molecule has 0 saturated carbocycles. The average molecular weight is 282 g/mol. The van der Waals surface area contributed by atoms with Crippen molar-refractivity contribution in [3.63, 3.8) is 0 Å². The van der Waals surface area contributed by atoms with Gasteiger partial charge in [0.05, 0.1) is 4.99 Å². The zero-order valence-corrected chi connectivity index (χ0v) is 11.7. The zero-order valence-electron chi connectivity index (χ0n) is 10.1. The van der Waals surface area contributed by atoms with Gasteiger partial charge in [0.25, 0.3) is 0 Å². The Balaban J connectivity index is 2.79. The molecule has 1 atom stereocenters. The number of amides is 1. The maximum absolute atomic E-state index is 11.3. The summed E-state index contributed by atoms with van der Waals surface area (Å²) in [4.78, 5) is 23.7. The van der Waals surface area contributed by atoms with Gasteiger partial charge >= 0.3 is 0 Å². The van der Waals surface area contributed by atoms with E-state index in [1.165, 1.54) is 6.92 Å². The summed E-state index contributed by atoms with van der Waals surface area (Å²) in [5.41, 5.74) is 5.87. The van der Waals surface area contributed by atoms with Gasteiger partial charge in [-0.05, 0) is 37.4 Å². The van der Waals surface area contributed by atoms with Crippen molar-refractivity contribution in [1.29, 1.82) is 0 Å². The summed E-state index contributed by atoms with van der Waals surface area (Å²) in [6.45, 7) is 1.29. The number of thiocarbonyl (C=S) groups is 1. The molecule has 0 aromatic heterocycles. The molecule has 4 nitrogen and oxygen atoms in total. The Bertz CT molecular complexity index is 457. The number of rotatable bonds is 5. The van der Waals surface area contributed by atoms with Crippen molar-refractivity contribution in [3.05, 3.63) is 24.3 Å². The van der Waals surface area contributed by atoms with Crippen LogP contribution in [0.1, 0.15) is 6.92 Å². The molecular formula is C12H14N2O2S2. The molecule has 1 aromatic rings. The smallest absolute Gasteiger partial charge is 0.234 e. The molecule has 1 amide bonds. The molecule has 1 rings (SSSR count). The molecule has 0 heterocycles. The van der Waals surface area contributed by atoms with Gasteiger partial charge in [0.15, 0.2) is 0 Å². The predicted octanol–water partition coefficient (Wildman–Crippen LogP) is 1.84. The summed E-state index contributed by atoms with van der Waals surface area (Å²) in [5, 5.41) is 2.86. The number of benzene rings is 1. The fourth-order valence-corrected chi connectivity index (χ4v) is 2.21. The molecule has 0 fully saturated rings. The number of hydrogen-bond donors (Lipinski definition) is 2. The number of ketones is 1. The minimum Gasteiger partial charge on any atom is -0.369 e. The van der Waals surface area contributed by atoms with E-state index in [0.717, 1.165) is 10.6 Å². The Morgan fingerprint density at radius 3 is 2.28 bits per heavy atom. The number of thioether (sulfide) groups is 1. The van der Waals surface area contributed by atoms with Crippen LogP contribution in [0.3, 0.4) is 0 Å². The quantitative estimate of drug-likeness (QED) is 0.490. The van der Waals surface area contributed by atoms with Crippen molar-refractivity contribution < 1.29 is 9.59 Å². The second-order valence-electron chi connectivity index (χ2n) is 3.66. The largest absolute Gasteiger partial charge is 0.369 e. The van der Waals surface area contributed by atoms with E-state index >= 15 is 0 Å². The number of carbonyl (C=O) groups excluding carboxylic acids is 2. The first kappa shape index (κ1) is 14.7. The van der Waals surface area contributed by atoms with E-state index in [1.807, 2.05) is 30.5 Å². The number of Topliss-reactive ketones (excluding diaryl/α,β-unsaturated/α-hetero) is 1. The highest BCUT2D eigenvalue weighted by atomic mass is 32.2. The van der Waals surface area contributed by atoms with Gasteiger partial charge in [-0.25, -0.2) is 0 Å². The van der Waals surface area contributed by atoms with E-state index in [0.29, 0.717) is 0 Å². The molecule has 6 heteroatoms. The Kier molecular flexibility index (Phi) is 5.30. The molecular weight excluding hydrogens is 268 g/mol. The molecule has 0 spiro atoms. The first-order valence-corrected chi connectivity index (χ1v) is 6.83. The van der Waals surface area contributed by atoms with E-state index in [-0.39, 0.29) is 10.8 Å². The van der Waals surface area contributed by atoms with Crippen LogP contribution in [0.25, 0.3) is 0 Å². The minimum absolute atomic E-state index is 0.131. The SMILES string of the molecule is CSc1ccc(NC(=S)C(C(C)=O)C(N)=O)cc1. The van der Waals surface area contributed by atoms with E-state index in [1.54, 1.807) is 11.8 Å². The standard InChI is InChI=1S/C12H14N2O2S2/c1-7(15)10(11(13)16)12(17)14-8-3-5-9(18-2)6-4-8/h3-6,10H,1-2H3,(H2,13,16)(H,14,17). The second-order valence-corrected chi connectivity index (χ2v) is 4.98. The van der Waals surface area contributed by atoms with Gasteiger partial charge in [-0.1, -0.05) is 12.2 Å². The summed E-state index contributed by atoms with van der Waals surface area (Å²) in [6, 6.07) is 7.50. The highest BCUT2D eigenvalue weighted by Gasteiger charge is 2.25. The van der Waals surface area contributed by atoms with Crippen molar-refractivity contribution in [2.75, 3.05) is 11.6 Å². The molecule has 3 N–H and O–H groups in total. The Hall–Kier alpha value is -1.40. The van der Waals surface area contributed by atoms with Gasteiger partial charge in [-0.15, -0.1) is 11.8 Å². The van der Waals surface area contributed by atoms with Crippen molar-refractivity contribution in [2.45, 2.75) is 11.8 Å². The van der Waals surface area contributed by atoms with Crippen LogP contribution in [0.15, 0.2) is 29.2 Å². The summed E-state index contributed by atoms with van der Waals surface area (Å²) in [7, 11) is 0. The second kappa shape index (κ2) is 6.51. The van der Waals surface area contributed by atoms with Crippen LogP contribution < -0.4 is 11.1 Å². The van der Waals surface area contributed by atoms with Crippen molar-refractivity contribution in [1.82, 2.24) is 0 Å². The molecule has 1 unspecified atom stereocenters. The van der Waals surface area contributed by atoms with Crippen molar-refractivity contribution in [3.8, 4) is 0 Å². The molecule has 18 heavy (non-hydrogen) atoms. The molecule has 0 saturated heterocycles. The van der Waals surface area contributed by atoms with Crippen LogP contribution >= 0.6 is 24.0 Å². The third kappa shape index (κ3) is 3.82. The number of anilines is 1. The van der Waals surface area contributed by atoms with Gasteiger partial charge in [-0.3, -0.25) is 9.59 Å². The van der Waals surface area contributed by atoms with Crippen LogP contribution in [0.2, 0.25) is 0 Å². The number of nitrogens with one attached hydrogen (secondary N) is 1. The van der Waals surface area contributed by atoms with Crippen LogP contribution in [-0.4, -0.2) is 22.9 Å². The van der Waals surface area contributed by atoms with Crippen molar-refractivity contribution >= 4 is 46.3 Å². The van der Waals surface area contributed by atoms with Crippen LogP contribution in [0, 0.1) is 5.92 Å². The maximum atomic E-state index is 11.3. The summed E-state index contributed by atoms with van der Waals surface area (Å²) in [6.07, 6.45) is 1.98. The van der Waals surface area contributed by atoms with Gasteiger partial charge < -0.3 is 11.1 Å². The lowest BCUT2D eigenvalue weighted by atomic mass is 10.0. The highest BCUT2D eigenvalue weighted by molar-refractivity contribution is 7.98. The first-order valence-electron chi connectivity index (χ1n) is 5.20. The van der Waals surface area contributed by atoms with Crippen LogP contribution in [0.5, 0.6) is 0 Å². The number of hydrogen-bond acceptors (Lipinski definition) is 4. The monoisotopic (exact) mass is 282 g/mol. The number of nitrogens with two attached hydrogens (primary N) is 1. The number of carbonyl (C=O) groups is 2. The summed E-state index contributed by atoms with van der Waals surface area (Å²) in [5.74, 6) is -2.17. The Morgan fingerprint density at radius 2 is 1.89 bits per heavy atom. The van der Waals surface area contributed by atoms with E-state index in [2.05, 4.69) is 5.32 Å². The first-order chi connectivity index (χ1) is 8.45. The van der Waals surface area contributed by atoms with Crippen LogP contribution in [0.4, 0.5) is 5.69 Å². The normalized spacial score (nSPS) is 11.7.